The molecule has 0 saturated carbocycles. The fourth-order valence-corrected chi connectivity index (χ4v) is 3.77. The van der Waals surface area contributed by atoms with Gasteiger partial charge in [-0.05, 0) is 23.5 Å². The Morgan fingerprint density at radius 1 is 1.11 bits per heavy atom. The van der Waals surface area contributed by atoms with Crippen LogP contribution in [0, 0.1) is 18.3 Å². The van der Waals surface area contributed by atoms with Crippen molar-refractivity contribution >= 4 is 11.9 Å². The molecule has 27 heavy (non-hydrogen) atoms. The minimum absolute atomic E-state index is 0.0951. The molecule has 0 bridgehead atoms. The number of hydrogen-bond donors (Lipinski definition) is 0. The monoisotopic (exact) mass is 361 g/mol. The molecule has 0 spiro atoms. The predicted molar refractivity (Wildman–Crippen MR) is 104 cm³/mol. The number of nitrogens with zero attached hydrogens (tertiary/aromatic N) is 1. The largest absolute Gasteiger partial charge is 0.467 e. The lowest BCUT2D eigenvalue weighted by atomic mass is 9.90. The van der Waals surface area contributed by atoms with E-state index in [2.05, 4.69) is 5.92 Å². The fourth-order valence-electron chi connectivity index (χ4n) is 3.77. The number of likely N-dealkylation sites (tertiary alicyclic amines) is 1. The number of methoxy groups -OCH3 is 1. The number of esters is 1. The molecule has 1 fully saturated rings. The van der Waals surface area contributed by atoms with Crippen molar-refractivity contribution in [2.45, 2.75) is 24.8 Å². The van der Waals surface area contributed by atoms with E-state index < -0.39 is 12.0 Å². The summed E-state index contributed by atoms with van der Waals surface area (Å²) in [6.07, 6.45) is 6.54. The molecule has 1 aliphatic heterocycles. The number of hydrogen-bond acceptors (Lipinski definition) is 3. The highest BCUT2D eigenvalue weighted by Gasteiger charge is 2.42. The summed E-state index contributed by atoms with van der Waals surface area (Å²) in [7, 11) is 1.35. The molecular weight excluding hydrogens is 338 g/mol. The van der Waals surface area contributed by atoms with Crippen molar-refractivity contribution in [3.05, 3.63) is 71.8 Å². The van der Waals surface area contributed by atoms with Gasteiger partial charge in [0.2, 0.25) is 5.91 Å². The van der Waals surface area contributed by atoms with E-state index in [-0.39, 0.29) is 17.8 Å². The predicted octanol–water partition coefficient (Wildman–Crippen LogP) is 3.23. The molecule has 0 radical (unpaired) electrons. The summed E-state index contributed by atoms with van der Waals surface area (Å²) in [6.45, 7) is 0.471. The van der Waals surface area contributed by atoms with E-state index in [1.807, 2.05) is 60.7 Å². The molecule has 0 unspecified atom stereocenters. The third-order valence-electron chi connectivity index (χ3n) is 5.06. The van der Waals surface area contributed by atoms with Crippen molar-refractivity contribution in [3.8, 4) is 12.3 Å². The topological polar surface area (TPSA) is 46.6 Å². The highest BCUT2D eigenvalue weighted by Crippen LogP contribution is 2.33. The number of amides is 1. The minimum atomic E-state index is -0.587. The van der Waals surface area contributed by atoms with Gasteiger partial charge in [-0.2, -0.15) is 0 Å². The molecule has 1 saturated heterocycles. The highest BCUT2D eigenvalue weighted by molar-refractivity contribution is 5.91. The van der Waals surface area contributed by atoms with Gasteiger partial charge >= 0.3 is 5.97 Å². The molecular formula is C23H23NO3. The summed E-state index contributed by atoms with van der Waals surface area (Å²) < 4.78 is 4.95. The standard InChI is InChI=1S/C23H23NO3/c1-3-10-17-15-20(23(26)27-2)24(16-17)22(25)21(18-11-6-4-7-12-18)19-13-8-5-9-14-19/h1,4-9,11-14,17,20-21H,10,15-16H2,2H3/t17-,20-/m0/s1. The van der Waals surface area contributed by atoms with Gasteiger partial charge in [-0.15, -0.1) is 12.3 Å². The Morgan fingerprint density at radius 2 is 1.67 bits per heavy atom. The maximum absolute atomic E-state index is 13.6. The Labute approximate surface area is 160 Å². The summed E-state index contributed by atoms with van der Waals surface area (Å²) in [4.78, 5) is 27.6. The Morgan fingerprint density at radius 3 is 2.15 bits per heavy atom. The number of carbonyl (C=O) groups excluding carboxylic acids is 2. The van der Waals surface area contributed by atoms with Crippen molar-refractivity contribution in [2.24, 2.45) is 5.92 Å². The van der Waals surface area contributed by atoms with Gasteiger partial charge in [0.25, 0.3) is 0 Å². The number of benzene rings is 2. The molecule has 2 aromatic carbocycles. The molecule has 4 heteroatoms. The van der Waals surface area contributed by atoms with Crippen molar-refractivity contribution in [3.63, 3.8) is 0 Å². The molecule has 0 aliphatic carbocycles. The summed E-state index contributed by atoms with van der Waals surface area (Å²) in [5.41, 5.74) is 1.80. The SMILES string of the molecule is C#CC[C@H]1C[C@@H](C(=O)OC)N(C(=O)C(c2ccccc2)c2ccccc2)C1. The molecule has 2 atom stereocenters. The molecule has 1 aliphatic rings. The van der Waals surface area contributed by atoms with Crippen LogP contribution < -0.4 is 0 Å². The number of carbonyl (C=O) groups is 2. The Kier molecular flexibility index (Phi) is 5.93. The van der Waals surface area contributed by atoms with E-state index in [9.17, 15) is 9.59 Å². The van der Waals surface area contributed by atoms with Gasteiger partial charge < -0.3 is 9.64 Å². The normalized spacial score (nSPS) is 18.9. The average molecular weight is 361 g/mol. The van der Waals surface area contributed by atoms with Crippen LogP contribution in [-0.4, -0.2) is 36.5 Å². The van der Waals surface area contributed by atoms with E-state index in [1.165, 1.54) is 7.11 Å². The molecule has 0 aromatic heterocycles. The minimum Gasteiger partial charge on any atom is -0.467 e. The number of ether oxygens (including phenoxy) is 1. The van der Waals surface area contributed by atoms with Gasteiger partial charge in [-0.1, -0.05) is 60.7 Å². The second kappa shape index (κ2) is 8.55. The van der Waals surface area contributed by atoms with E-state index in [0.717, 1.165) is 11.1 Å². The summed E-state index contributed by atoms with van der Waals surface area (Å²) >= 11 is 0. The lowest BCUT2D eigenvalue weighted by Crippen LogP contribution is -2.43. The molecule has 1 heterocycles. The lowest BCUT2D eigenvalue weighted by Gasteiger charge is -2.28. The van der Waals surface area contributed by atoms with Gasteiger partial charge in [0.1, 0.15) is 6.04 Å². The zero-order valence-electron chi connectivity index (χ0n) is 15.4. The third-order valence-corrected chi connectivity index (χ3v) is 5.06. The Hall–Kier alpha value is -3.06. The first-order chi connectivity index (χ1) is 13.2. The van der Waals surface area contributed by atoms with E-state index >= 15 is 0 Å². The van der Waals surface area contributed by atoms with Crippen LogP contribution in [0.2, 0.25) is 0 Å². The highest BCUT2D eigenvalue weighted by atomic mass is 16.5. The van der Waals surface area contributed by atoms with Crippen molar-refractivity contribution in [2.75, 3.05) is 13.7 Å². The van der Waals surface area contributed by atoms with Crippen molar-refractivity contribution < 1.29 is 14.3 Å². The van der Waals surface area contributed by atoms with Gasteiger partial charge in [-0.3, -0.25) is 4.79 Å². The molecule has 0 N–H and O–H groups in total. The van der Waals surface area contributed by atoms with Crippen LogP contribution in [0.3, 0.4) is 0 Å². The fraction of sp³-hybridized carbons (Fsp3) is 0.304. The van der Waals surface area contributed by atoms with E-state index in [0.29, 0.717) is 19.4 Å². The van der Waals surface area contributed by atoms with Gasteiger partial charge in [0, 0.05) is 13.0 Å². The van der Waals surface area contributed by atoms with Gasteiger partial charge in [0.15, 0.2) is 0 Å². The van der Waals surface area contributed by atoms with Crippen LogP contribution in [0.5, 0.6) is 0 Å². The number of rotatable bonds is 5. The first kappa shape index (κ1) is 18.7. The molecule has 4 nitrogen and oxygen atoms in total. The summed E-state index contributed by atoms with van der Waals surface area (Å²) in [6, 6.07) is 18.7. The van der Waals surface area contributed by atoms with Crippen molar-refractivity contribution in [1.29, 1.82) is 0 Å². The van der Waals surface area contributed by atoms with Gasteiger partial charge in [0.05, 0.1) is 13.0 Å². The average Bonchev–Trinajstić information content (AvgIpc) is 3.13. The van der Waals surface area contributed by atoms with Crippen LogP contribution in [0.15, 0.2) is 60.7 Å². The zero-order chi connectivity index (χ0) is 19.2. The summed E-state index contributed by atoms with van der Waals surface area (Å²) in [5, 5.41) is 0. The zero-order valence-corrected chi connectivity index (χ0v) is 15.4. The maximum Gasteiger partial charge on any atom is 0.328 e. The quantitative estimate of drug-likeness (QED) is 0.607. The maximum atomic E-state index is 13.6. The van der Waals surface area contributed by atoms with Crippen LogP contribution in [0.25, 0.3) is 0 Å². The molecule has 3 rings (SSSR count). The lowest BCUT2D eigenvalue weighted by molar-refractivity contribution is -0.151. The van der Waals surface area contributed by atoms with E-state index in [4.69, 9.17) is 11.2 Å². The molecule has 1 amide bonds. The van der Waals surface area contributed by atoms with Crippen LogP contribution in [0.4, 0.5) is 0 Å². The molecule has 2 aromatic rings. The molecule has 138 valence electrons. The second-order valence-corrected chi connectivity index (χ2v) is 6.79. The van der Waals surface area contributed by atoms with Crippen LogP contribution in [0.1, 0.15) is 29.9 Å². The first-order valence-electron chi connectivity index (χ1n) is 9.07. The Bertz CT molecular complexity index is 786. The summed E-state index contributed by atoms with van der Waals surface area (Å²) in [5.74, 6) is 1.81. The van der Waals surface area contributed by atoms with Crippen molar-refractivity contribution in [1.82, 2.24) is 4.90 Å². The Balaban J connectivity index is 1.97. The first-order valence-corrected chi connectivity index (χ1v) is 9.07. The third kappa shape index (κ3) is 4.03. The second-order valence-electron chi connectivity index (χ2n) is 6.79. The van der Waals surface area contributed by atoms with Crippen LogP contribution >= 0.6 is 0 Å². The smallest absolute Gasteiger partial charge is 0.328 e. The van der Waals surface area contributed by atoms with E-state index in [1.54, 1.807) is 4.90 Å². The van der Waals surface area contributed by atoms with Crippen LogP contribution in [-0.2, 0) is 14.3 Å². The van der Waals surface area contributed by atoms with Gasteiger partial charge in [-0.25, -0.2) is 4.79 Å². The number of terminal acetylenes is 1.